The van der Waals surface area contributed by atoms with E-state index in [9.17, 15) is 4.79 Å². The normalized spacial score (nSPS) is 14.3. The van der Waals surface area contributed by atoms with Crippen molar-refractivity contribution in [1.82, 2.24) is 4.90 Å². The van der Waals surface area contributed by atoms with Gasteiger partial charge in [0.05, 0.1) is 12.6 Å². The molecule has 1 aromatic carbocycles. The van der Waals surface area contributed by atoms with Crippen LogP contribution >= 0.6 is 15.9 Å². The average Bonchev–Trinajstić information content (AvgIpc) is 2.47. The molecule has 0 aromatic heterocycles. The van der Waals surface area contributed by atoms with Gasteiger partial charge < -0.3 is 4.74 Å². The Morgan fingerprint density at radius 1 is 1.30 bits per heavy atom. The Hall–Kier alpha value is -0.710. The van der Waals surface area contributed by atoms with Crippen molar-refractivity contribution in [3.63, 3.8) is 0 Å². The van der Waals surface area contributed by atoms with Crippen molar-refractivity contribution in [2.24, 2.45) is 0 Å². The molecular weight excluding hydrogens is 318 g/mol. The van der Waals surface area contributed by atoms with Crippen LogP contribution in [-0.4, -0.2) is 43.0 Å². The number of hydrogen-bond acceptors (Lipinski definition) is 3. The zero-order valence-electron chi connectivity index (χ0n) is 12.7. The summed E-state index contributed by atoms with van der Waals surface area (Å²) in [5, 5.41) is 0. The van der Waals surface area contributed by atoms with E-state index in [-0.39, 0.29) is 11.8 Å². The second-order valence-electron chi connectivity index (χ2n) is 5.04. The Labute approximate surface area is 130 Å². The molecule has 0 radical (unpaired) electrons. The number of carbonyl (C=O) groups is 1. The van der Waals surface area contributed by atoms with E-state index in [0.29, 0.717) is 12.6 Å². The van der Waals surface area contributed by atoms with Crippen LogP contribution in [0.2, 0.25) is 0 Å². The predicted molar refractivity (Wildman–Crippen MR) is 86.3 cm³/mol. The molecule has 20 heavy (non-hydrogen) atoms. The quantitative estimate of drug-likeness (QED) is 0.674. The summed E-state index contributed by atoms with van der Waals surface area (Å²) in [6.45, 7) is 7.69. The zero-order chi connectivity index (χ0) is 15.1. The number of Topliss-reactive ketones (excluding diaryl/α,β-unsaturated/α-hetero) is 1. The molecule has 0 saturated carbocycles. The lowest BCUT2D eigenvalue weighted by Crippen LogP contribution is -2.46. The molecule has 2 atom stereocenters. The molecule has 3 nitrogen and oxygen atoms in total. The van der Waals surface area contributed by atoms with Crippen LogP contribution in [0.1, 0.15) is 37.6 Å². The molecular formula is C16H24BrNO2. The Morgan fingerprint density at radius 3 is 2.40 bits per heavy atom. The van der Waals surface area contributed by atoms with Crippen LogP contribution in [0.5, 0.6) is 0 Å². The SMILES string of the molecule is CCC(C)N(CCOC)C(C)C(=O)c1ccc(Br)cc1. The van der Waals surface area contributed by atoms with Crippen LogP contribution in [0.4, 0.5) is 0 Å². The van der Waals surface area contributed by atoms with E-state index in [1.54, 1.807) is 7.11 Å². The van der Waals surface area contributed by atoms with Gasteiger partial charge in [0, 0.05) is 29.7 Å². The molecule has 0 aliphatic rings. The predicted octanol–water partition coefficient (Wildman–Crippen LogP) is 3.77. The van der Waals surface area contributed by atoms with Crippen LogP contribution < -0.4 is 0 Å². The lowest BCUT2D eigenvalue weighted by Gasteiger charge is -2.33. The van der Waals surface area contributed by atoms with Gasteiger partial charge in [-0.15, -0.1) is 0 Å². The van der Waals surface area contributed by atoms with Crippen molar-refractivity contribution in [2.75, 3.05) is 20.3 Å². The van der Waals surface area contributed by atoms with Crippen molar-refractivity contribution in [2.45, 2.75) is 39.3 Å². The molecule has 0 N–H and O–H groups in total. The molecule has 1 rings (SSSR count). The van der Waals surface area contributed by atoms with Gasteiger partial charge in [0.15, 0.2) is 5.78 Å². The van der Waals surface area contributed by atoms with Crippen molar-refractivity contribution < 1.29 is 9.53 Å². The number of ether oxygens (including phenoxy) is 1. The summed E-state index contributed by atoms with van der Waals surface area (Å²) < 4.78 is 6.15. The molecule has 1 aromatic rings. The summed E-state index contributed by atoms with van der Waals surface area (Å²) >= 11 is 3.39. The minimum absolute atomic E-state index is 0.138. The van der Waals surface area contributed by atoms with E-state index in [1.807, 2.05) is 31.2 Å². The first kappa shape index (κ1) is 17.3. The van der Waals surface area contributed by atoms with Crippen LogP contribution in [0.15, 0.2) is 28.7 Å². The highest BCUT2D eigenvalue weighted by Gasteiger charge is 2.25. The Balaban J connectivity index is 2.84. The third kappa shape index (κ3) is 4.69. The monoisotopic (exact) mass is 341 g/mol. The summed E-state index contributed by atoms with van der Waals surface area (Å²) in [4.78, 5) is 14.8. The van der Waals surface area contributed by atoms with E-state index in [2.05, 4.69) is 34.7 Å². The van der Waals surface area contributed by atoms with E-state index >= 15 is 0 Å². The van der Waals surface area contributed by atoms with Gasteiger partial charge in [-0.25, -0.2) is 0 Å². The van der Waals surface area contributed by atoms with E-state index in [0.717, 1.165) is 23.0 Å². The van der Waals surface area contributed by atoms with Crippen molar-refractivity contribution in [1.29, 1.82) is 0 Å². The van der Waals surface area contributed by atoms with Gasteiger partial charge in [0.25, 0.3) is 0 Å². The third-order valence-electron chi connectivity index (χ3n) is 3.72. The summed E-state index contributed by atoms with van der Waals surface area (Å²) in [5.74, 6) is 0.161. The minimum Gasteiger partial charge on any atom is -0.383 e. The first-order chi connectivity index (χ1) is 9.51. The standard InChI is InChI=1S/C16H24BrNO2/c1-5-12(2)18(10-11-20-4)13(3)16(19)14-6-8-15(17)9-7-14/h6-9,12-13H,5,10-11H2,1-4H3. The first-order valence-corrected chi connectivity index (χ1v) is 7.85. The average molecular weight is 342 g/mol. The molecule has 112 valence electrons. The highest BCUT2D eigenvalue weighted by Crippen LogP contribution is 2.16. The molecule has 2 unspecified atom stereocenters. The van der Waals surface area contributed by atoms with Crippen LogP contribution in [0.3, 0.4) is 0 Å². The van der Waals surface area contributed by atoms with Crippen molar-refractivity contribution in [3.05, 3.63) is 34.3 Å². The number of halogens is 1. The Bertz CT molecular complexity index is 419. The summed E-state index contributed by atoms with van der Waals surface area (Å²) in [6, 6.07) is 7.77. The number of benzene rings is 1. The maximum atomic E-state index is 12.6. The number of ketones is 1. The van der Waals surface area contributed by atoms with Gasteiger partial charge in [0.1, 0.15) is 0 Å². The lowest BCUT2D eigenvalue weighted by molar-refractivity contribution is 0.0668. The fourth-order valence-electron chi connectivity index (χ4n) is 2.23. The van der Waals surface area contributed by atoms with Crippen LogP contribution in [-0.2, 0) is 4.74 Å². The van der Waals surface area contributed by atoms with E-state index < -0.39 is 0 Å². The second-order valence-corrected chi connectivity index (χ2v) is 5.95. The number of methoxy groups -OCH3 is 1. The Kier molecular flexibility index (Phi) is 7.41. The third-order valence-corrected chi connectivity index (χ3v) is 4.24. The smallest absolute Gasteiger partial charge is 0.179 e. The number of carbonyl (C=O) groups excluding carboxylic acids is 1. The summed E-state index contributed by atoms with van der Waals surface area (Å²) in [7, 11) is 1.69. The van der Waals surface area contributed by atoms with Gasteiger partial charge in [-0.2, -0.15) is 0 Å². The van der Waals surface area contributed by atoms with E-state index in [1.165, 1.54) is 0 Å². The Morgan fingerprint density at radius 2 is 1.90 bits per heavy atom. The molecule has 0 spiro atoms. The minimum atomic E-state index is -0.138. The summed E-state index contributed by atoms with van der Waals surface area (Å²) in [5.41, 5.74) is 0.756. The molecule has 0 heterocycles. The molecule has 0 saturated heterocycles. The van der Waals surface area contributed by atoms with Gasteiger partial charge in [-0.05, 0) is 32.4 Å². The highest BCUT2D eigenvalue weighted by atomic mass is 79.9. The fourth-order valence-corrected chi connectivity index (χ4v) is 2.50. The molecule has 0 aliphatic carbocycles. The molecule has 0 aliphatic heterocycles. The van der Waals surface area contributed by atoms with Gasteiger partial charge in [-0.3, -0.25) is 9.69 Å². The van der Waals surface area contributed by atoms with Crippen molar-refractivity contribution >= 4 is 21.7 Å². The van der Waals surface area contributed by atoms with Gasteiger partial charge in [-0.1, -0.05) is 35.0 Å². The molecule has 4 heteroatoms. The van der Waals surface area contributed by atoms with Gasteiger partial charge in [0.2, 0.25) is 0 Å². The number of hydrogen-bond donors (Lipinski definition) is 0. The zero-order valence-corrected chi connectivity index (χ0v) is 14.3. The second kappa shape index (κ2) is 8.55. The first-order valence-electron chi connectivity index (χ1n) is 7.05. The summed E-state index contributed by atoms with van der Waals surface area (Å²) in [6.07, 6.45) is 1.02. The van der Waals surface area contributed by atoms with Crippen molar-refractivity contribution in [3.8, 4) is 0 Å². The molecule has 0 amide bonds. The van der Waals surface area contributed by atoms with E-state index in [4.69, 9.17) is 4.74 Å². The topological polar surface area (TPSA) is 29.5 Å². The van der Waals surface area contributed by atoms with Gasteiger partial charge >= 0.3 is 0 Å². The fraction of sp³-hybridized carbons (Fsp3) is 0.562. The largest absolute Gasteiger partial charge is 0.383 e. The van der Waals surface area contributed by atoms with Crippen LogP contribution in [0, 0.1) is 0 Å². The highest BCUT2D eigenvalue weighted by molar-refractivity contribution is 9.10. The lowest BCUT2D eigenvalue weighted by atomic mass is 10.0. The number of rotatable bonds is 8. The van der Waals surface area contributed by atoms with Crippen LogP contribution in [0.25, 0.3) is 0 Å². The molecule has 0 bridgehead atoms. The number of nitrogens with zero attached hydrogens (tertiary/aromatic N) is 1. The maximum Gasteiger partial charge on any atom is 0.179 e. The maximum absolute atomic E-state index is 12.6. The molecule has 0 fully saturated rings.